The molecule has 198 valence electrons. The van der Waals surface area contributed by atoms with Gasteiger partial charge >= 0.3 is 11.9 Å². The number of hydrogen-bond acceptors (Lipinski definition) is 8. The van der Waals surface area contributed by atoms with Crippen molar-refractivity contribution < 1.29 is 27.9 Å². The Morgan fingerprint density at radius 3 is 2.62 bits per heavy atom. The second-order valence-electron chi connectivity index (χ2n) is 8.63. The van der Waals surface area contributed by atoms with Gasteiger partial charge < -0.3 is 13.9 Å². The fourth-order valence-corrected chi connectivity index (χ4v) is 5.41. The van der Waals surface area contributed by atoms with Crippen molar-refractivity contribution in [2.45, 2.75) is 19.9 Å². The number of rotatable bonds is 6. The van der Waals surface area contributed by atoms with Crippen LogP contribution in [0.4, 0.5) is 4.39 Å². The van der Waals surface area contributed by atoms with Crippen molar-refractivity contribution in [2.24, 2.45) is 4.99 Å². The first-order chi connectivity index (χ1) is 18.8. The number of ether oxygens (including phenoxy) is 2. The van der Waals surface area contributed by atoms with Gasteiger partial charge in [-0.15, -0.1) is 0 Å². The summed E-state index contributed by atoms with van der Waals surface area (Å²) in [5.74, 6) is -0.566. The van der Waals surface area contributed by atoms with Crippen molar-refractivity contribution in [3.63, 3.8) is 0 Å². The number of halogens is 1. The molecule has 10 heteroatoms. The van der Waals surface area contributed by atoms with Gasteiger partial charge in [0.25, 0.3) is 5.56 Å². The van der Waals surface area contributed by atoms with E-state index in [4.69, 9.17) is 13.9 Å². The summed E-state index contributed by atoms with van der Waals surface area (Å²) in [5, 5.41) is 0. The third-order valence-corrected chi connectivity index (χ3v) is 7.15. The minimum Gasteiger partial charge on any atom is -0.465 e. The number of fused-ring (bicyclic) bond motifs is 1. The van der Waals surface area contributed by atoms with Crippen LogP contribution in [-0.2, 0) is 14.3 Å². The molecule has 4 aromatic rings. The highest BCUT2D eigenvalue weighted by Crippen LogP contribution is 2.31. The first-order valence-corrected chi connectivity index (χ1v) is 12.9. The number of hydrogen-bond donors (Lipinski definition) is 0. The molecule has 0 aliphatic carbocycles. The molecule has 39 heavy (non-hydrogen) atoms. The number of nitrogens with zero attached hydrogens (tertiary/aromatic N) is 2. The number of esters is 2. The van der Waals surface area contributed by atoms with Crippen LogP contribution in [0.15, 0.2) is 86.1 Å². The SMILES string of the molecule is CCOC(=O)C1=C(C)N=c2s/c(=C/c3ccc(-c4cccc(C(=O)OC)c4)o3)c(=O)n2[C@H]1c1ccc(F)cc1. The summed E-state index contributed by atoms with van der Waals surface area (Å²) in [6.07, 6.45) is 1.60. The van der Waals surface area contributed by atoms with Gasteiger partial charge in [0.05, 0.1) is 41.1 Å². The fourth-order valence-electron chi connectivity index (χ4n) is 4.38. The minimum atomic E-state index is -0.837. The zero-order chi connectivity index (χ0) is 27.7. The van der Waals surface area contributed by atoms with Crippen molar-refractivity contribution in [3.8, 4) is 11.3 Å². The Kier molecular flexibility index (Phi) is 7.12. The molecule has 0 radical (unpaired) electrons. The topological polar surface area (TPSA) is 100 Å². The molecule has 2 aromatic carbocycles. The van der Waals surface area contributed by atoms with Crippen LogP contribution >= 0.6 is 11.3 Å². The lowest BCUT2D eigenvalue weighted by Crippen LogP contribution is -2.39. The van der Waals surface area contributed by atoms with E-state index in [-0.39, 0.29) is 17.7 Å². The molecular weight excluding hydrogens is 523 g/mol. The molecule has 1 aliphatic rings. The van der Waals surface area contributed by atoms with Gasteiger partial charge in [0, 0.05) is 11.6 Å². The molecule has 0 amide bonds. The van der Waals surface area contributed by atoms with Crippen molar-refractivity contribution in [2.75, 3.05) is 13.7 Å². The third kappa shape index (κ3) is 4.98. The van der Waals surface area contributed by atoms with Crippen molar-refractivity contribution in [1.29, 1.82) is 0 Å². The number of benzene rings is 2. The highest BCUT2D eigenvalue weighted by Gasteiger charge is 2.33. The Labute approximate surface area is 226 Å². The quantitative estimate of drug-likeness (QED) is 0.339. The molecule has 5 rings (SSSR count). The zero-order valence-corrected chi connectivity index (χ0v) is 22.1. The second kappa shape index (κ2) is 10.7. The molecule has 1 aliphatic heterocycles. The number of methoxy groups -OCH3 is 1. The summed E-state index contributed by atoms with van der Waals surface area (Å²) < 4.78 is 31.5. The van der Waals surface area contributed by atoms with Gasteiger partial charge in [0.15, 0.2) is 4.80 Å². The maximum absolute atomic E-state index is 13.7. The number of carbonyl (C=O) groups is 2. The molecule has 0 unspecified atom stereocenters. The van der Waals surface area contributed by atoms with E-state index >= 15 is 0 Å². The van der Waals surface area contributed by atoms with Gasteiger partial charge in [0.1, 0.15) is 17.3 Å². The Morgan fingerprint density at radius 2 is 1.90 bits per heavy atom. The van der Waals surface area contributed by atoms with Crippen LogP contribution in [0.3, 0.4) is 0 Å². The molecule has 0 saturated carbocycles. The van der Waals surface area contributed by atoms with Crippen LogP contribution in [-0.4, -0.2) is 30.2 Å². The molecule has 2 aromatic heterocycles. The van der Waals surface area contributed by atoms with Gasteiger partial charge in [-0.3, -0.25) is 9.36 Å². The normalized spacial score (nSPS) is 15.1. The maximum atomic E-state index is 13.7. The fraction of sp³-hybridized carbons (Fsp3) is 0.172. The van der Waals surface area contributed by atoms with Gasteiger partial charge in [-0.25, -0.2) is 19.0 Å². The highest BCUT2D eigenvalue weighted by atomic mass is 32.1. The predicted octanol–water partition coefficient (Wildman–Crippen LogP) is 3.98. The monoisotopic (exact) mass is 546 g/mol. The lowest BCUT2D eigenvalue weighted by molar-refractivity contribution is -0.139. The van der Waals surface area contributed by atoms with Crippen LogP contribution < -0.4 is 14.9 Å². The molecule has 0 N–H and O–H groups in total. The number of thiazole rings is 1. The second-order valence-corrected chi connectivity index (χ2v) is 9.64. The Bertz CT molecular complexity index is 1800. The number of aromatic nitrogens is 1. The van der Waals surface area contributed by atoms with Crippen LogP contribution in [0.1, 0.15) is 41.6 Å². The molecule has 0 bridgehead atoms. The highest BCUT2D eigenvalue weighted by molar-refractivity contribution is 7.07. The summed E-state index contributed by atoms with van der Waals surface area (Å²) in [7, 11) is 1.31. The Hall–Kier alpha value is -4.57. The largest absolute Gasteiger partial charge is 0.465 e. The lowest BCUT2D eigenvalue weighted by Gasteiger charge is -2.24. The van der Waals surface area contributed by atoms with Gasteiger partial charge in [-0.2, -0.15) is 0 Å². The van der Waals surface area contributed by atoms with Crippen molar-refractivity contribution in [1.82, 2.24) is 4.57 Å². The maximum Gasteiger partial charge on any atom is 0.338 e. The van der Waals surface area contributed by atoms with E-state index in [9.17, 15) is 18.8 Å². The van der Waals surface area contributed by atoms with E-state index in [1.807, 2.05) is 0 Å². The van der Waals surface area contributed by atoms with E-state index < -0.39 is 23.8 Å². The Balaban J connectivity index is 1.60. The van der Waals surface area contributed by atoms with Crippen molar-refractivity contribution in [3.05, 3.63) is 114 Å². The average Bonchev–Trinajstić information content (AvgIpc) is 3.52. The molecule has 0 fully saturated rings. The number of carbonyl (C=O) groups excluding carboxylic acids is 2. The average molecular weight is 547 g/mol. The van der Waals surface area contributed by atoms with E-state index in [0.29, 0.717) is 43.2 Å². The summed E-state index contributed by atoms with van der Waals surface area (Å²) >= 11 is 1.15. The van der Waals surface area contributed by atoms with Gasteiger partial charge in [0.2, 0.25) is 0 Å². The number of furan rings is 1. The van der Waals surface area contributed by atoms with Crippen molar-refractivity contribution >= 4 is 29.4 Å². The summed E-state index contributed by atoms with van der Waals surface area (Å²) in [6, 6.07) is 15.1. The van der Waals surface area contributed by atoms with Crippen LogP contribution in [0.25, 0.3) is 17.4 Å². The first kappa shape index (κ1) is 26.1. The lowest BCUT2D eigenvalue weighted by atomic mass is 9.96. The van der Waals surface area contributed by atoms with E-state index in [0.717, 1.165) is 11.3 Å². The predicted molar refractivity (Wildman–Crippen MR) is 142 cm³/mol. The molecular formula is C29H23FN2O6S. The van der Waals surface area contributed by atoms with E-state index in [2.05, 4.69) is 4.99 Å². The van der Waals surface area contributed by atoms with Crippen LogP contribution in [0.2, 0.25) is 0 Å². The summed E-state index contributed by atoms with van der Waals surface area (Å²) in [5.41, 5.74) is 1.86. The molecule has 8 nitrogen and oxygen atoms in total. The Morgan fingerprint density at radius 1 is 1.13 bits per heavy atom. The van der Waals surface area contributed by atoms with E-state index in [1.54, 1.807) is 56.3 Å². The summed E-state index contributed by atoms with van der Waals surface area (Å²) in [6.45, 7) is 3.53. The molecule has 0 saturated heterocycles. The van der Waals surface area contributed by atoms with Crippen LogP contribution in [0, 0.1) is 5.82 Å². The first-order valence-electron chi connectivity index (χ1n) is 12.0. The third-order valence-electron chi connectivity index (χ3n) is 6.17. The van der Waals surface area contributed by atoms with Gasteiger partial charge in [-0.05, 0) is 55.8 Å². The molecule has 3 heterocycles. The summed E-state index contributed by atoms with van der Waals surface area (Å²) in [4.78, 5) is 43.4. The standard InChI is InChI=1S/C29H23FN2O6S/c1-4-37-28(35)24-16(2)31-29-32(25(24)17-8-10-20(30)11-9-17)26(33)23(39-29)15-21-12-13-22(38-21)18-6-5-7-19(14-18)27(34)36-3/h5-15,25H,4H2,1-3H3/b23-15+/t25-/m0/s1. The molecule has 1 atom stereocenters. The van der Waals surface area contributed by atoms with Crippen LogP contribution in [0.5, 0.6) is 0 Å². The molecule has 0 spiro atoms. The van der Waals surface area contributed by atoms with Gasteiger partial charge in [-0.1, -0.05) is 35.6 Å². The smallest absolute Gasteiger partial charge is 0.338 e. The zero-order valence-electron chi connectivity index (χ0n) is 21.3. The minimum absolute atomic E-state index is 0.152. The number of allylic oxidation sites excluding steroid dienone is 1. The van der Waals surface area contributed by atoms with E-state index in [1.165, 1.54) is 35.9 Å².